The molecule has 5 aromatic rings. The molecule has 4 aromatic heterocycles. The molecule has 5 rings (SSSR count). The summed E-state index contributed by atoms with van der Waals surface area (Å²) < 4.78 is 3.09. The number of benzene rings is 1. The van der Waals surface area contributed by atoms with Gasteiger partial charge < -0.3 is 5.11 Å². The van der Waals surface area contributed by atoms with Gasteiger partial charge in [-0.25, -0.2) is 19.4 Å². The minimum Gasteiger partial charge on any atom is -0.479 e. The summed E-state index contributed by atoms with van der Waals surface area (Å²) in [6.07, 6.45) is 6.57. The molecule has 1 N–H and O–H groups in total. The van der Waals surface area contributed by atoms with Crippen molar-refractivity contribution in [2.24, 2.45) is 0 Å². The van der Waals surface area contributed by atoms with Crippen LogP contribution in [0, 0.1) is 0 Å². The summed E-state index contributed by atoms with van der Waals surface area (Å²) in [7, 11) is 0. The summed E-state index contributed by atoms with van der Waals surface area (Å²) in [5.74, 6) is -0.975. The van der Waals surface area contributed by atoms with Gasteiger partial charge in [0.1, 0.15) is 0 Å². The van der Waals surface area contributed by atoms with E-state index in [9.17, 15) is 9.90 Å². The number of carboxylic acid groups (broad SMARTS) is 1. The number of pyridine rings is 1. The van der Waals surface area contributed by atoms with Gasteiger partial charge in [-0.1, -0.05) is 17.3 Å². The first-order valence-corrected chi connectivity index (χ1v) is 9.60. The second kappa shape index (κ2) is 6.94. The Hall–Kier alpha value is -4.21. The van der Waals surface area contributed by atoms with Gasteiger partial charge in [-0.3, -0.25) is 9.67 Å². The molecule has 10 nitrogen and oxygen atoms in total. The number of hydrogen-bond donors (Lipinski definition) is 1. The quantitative estimate of drug-likeness (QED) is 0.465. The fourth-order valence-corrected chi connectivity index (χ4v) is 3.26. The summed E-state index contributed by atoms with van der Waals surface area (Å²) in [5, 5.41) is 23.0. The zero-order valence-electron chi connectivity index (χ0n) is 16.8. The van der Waals surface area contributed by atoms with Crippen LogP contribution in [0.4, 0.5) is 0 Å². The van der Waals surface area contributed by atoms with E-state index in [-0.39, 0.29) is 0 Å². The third kappa shape index (κ3) is 3.27. The Balaban J connectivity index is 1.50. The highest BCUT2D eigenvalue weighted by Gasteiger charge is 2.30. The Bertz CT molecular complexity index is 1440. The van der Waals surface area contributed by atoms with Crippen LogP contribution in [0.1, 0.15) is 19.4 Å². The van der Waals surface area contributed by atoms with E-state index in [1.807, 2.05) is 24.3 Å². The smallest absolute Gasteiger partial charge is 0.331 e. The van der Waals surface area contributed by atoms with Crippen molar-refractivity contribution in [2.75, 3.05) is 0 Å². The summed E-state index contributed by atoms with van der Waals surface area (Å²) in [4.78, 5) is 24.9. The second-order valence-electron chi connectivity index (χ2n) is 7.72. The lowest BCUT2D eigenvalue weighted by Crippen LogP contribution is -2.35. The zero-order valence-corrected chi connectivity index (χ0v) is 16.8. The van der Waals surface area contributed by atoms with Crippen molar-refractivity contribution in [2.45, 2.75) is 25.9 Å². The minimum absolute atomic E-state index is 0.435. The number of rotatable bonds is 5. The third-order valence-electron chi connectivity index (χ3n) is 5.20. The molecule has 0 amide bonds. The first-order valence-electron chi connectivity index (χ1n) is 9.60. The van der Waals surface area contributed by atoms with Crippen molar-refractivity contribution in [3.8, 4) is 11.3 Å². The Morgan fingerprint density at radius 1 is 1.16 bits per heavy atom. The molecule has 1 aromatic carbocycles. The van der Waals surface area contributed by atoms with E-state index < -0.39 is 11.5 Å². The van der Waals surface area contributed by atoms with E-state index in [4.69, 9.17) is 0 Å². The Kier molecular flexibility index (Phi) is 4.21. The molecule has 4 heterocycles. The van der Waals surface area contributed by atoms with Crippen LogP contribution < -0.4 is 0 Å². The molecule has 0 unspecified atom stereocenters. The van der Waals surface area contributed by atoms with Gasteiger partial charge in [-0.2, -0.15) is 5.10 Å². The molecule has 0 aliphatic rings. The van der Waals surface area contributed by atoms with Crippen molar-refractivity contribution < 1.29 is 9.90 Å². The summed E-state index contributed by atoms with van der Waals surface area (Å²) >= 11 is 0. The summed E-state index contributed by atoms with van der Waals surface area (Å²) in [5.41, 5.74) is 2.98. The summed E-state index contributed by atoms with van der Waals surface area (Å²) in [6.45, 7) is 3.64. The topological polar surface area (TPSA) is 124 Å². The van der Waals surface area contributed by atoms with Gasteiger partial charge in [0.2, 0.25) is 5.65 Å². The number of aliphatic carboxylic acids is 1. The van der Waals surface area contributed by atoms with Gasteiger partial charge in [0.25, 0.3) is 0 Å². The first kappa shape index (κ1) is 18.8. The van der Waals surface area contributed by atoms with Crippen LogP contribution in [-0.4, -0.2) is 50.8 Å². The van der Waals surface area contributed by atoms with E-state index in [1.165, 1.54) is 4.68 Å². The molecule has 0 spiro atoms. The highest BCUT2D eigenvalue weighted by Crippen LogP contribution is 2.22. The average Bonchev–Trinajstić information content (AvgIpc) is 3.41. The largest absolute Gasteiger partial charge is 0.479 e. The van der Waals surface area contributed by atoms with Gasteiger partial charge in [-0.15, -0.1) is 5.10 Å². The van der Waals surface area contributed by atoms with Crippen LogP contribution in [-0.2, 0) is 16.9 Å². The maximum Gasteiger partial charge on any atom is 0.331 e. The van der Waals surface area contributed by atoms with Gasteiger partial charge in [0.15, 0.2) is 11.2 Å². The molecule has 0 radical (unpaired) electrons. The van der Waals surface area contributed by atoms with Gasteiger partial charge in [0.05, 0.1) is 30.1 Å². The molecular formula is C21H18N8O2. The Morgan fingerprint density at radius 2 is 2.03 bits per heavy atom. The zero-order chi connectivity index (χ0) is 21.6. The van der Waals surface area contributed by atoms with E-state index >= 15 is 0 Å². The van der Waals surface area contributed by atoms with Gasteiger partial charge in [0, 0.05) is 23.3 Å². The average molecular weight is 414 g/mol. The van der Waals surface area contributed by atoms with Crippen molar-refractivity contribution in [1.29, 1.82) is 0 Å². The molecule has 0 aliphatic heterocycles. The predicted octanol–water partition coefficient (Wildman–Crippen LogP) is 2.50. The van der Waals surface area contributed by atoms with Crippen molar-refractivity contribution in [1.82, 2.24) is 39.7 Å². The van der Waals surface area contributed by atoms with E-state index in [0.29, 0.717) is 29.1 Å². The maximum absolute atomic E-state index is 11.5. The van der Waals surface area contributed by atoms with Crippen LogP contribution >= 0.6 is 0 Å². The normalized spacial score (nSPS) is 11.9. The highest BCUT2D eigenvalue weighted by molar-refractivity contribution is 5.79. The second-order valence-corrected chi connectivity index (χ2v) is 7.72. The van der Waals surface area contributed by atoms with E-state index in [0.717, 1.165) is 16.5 Å². The first-order chi connectivity index (χ1) is 14.9. The SMILES string of the molecule is CC(C)(C(=O)O)n1cc(-c2cnc3nnn(Cc4ccc5ncccc5c4)c3n2)cn1. The molecule has 0 atom stereocenters. The van der Waals surface area contributed by atoms with Crippen LogP contribution in [0.3, 0.4) is 0 Å². The number of aromatic nitrogens is 8. The predicted molar refractivity (Wildman–Crippen MR) is 112 cm³/mol. The molecule has 0 saturated carbocycles. The molecule has 31 heavy (non-hydrogen) atoms. The molecule has 0 fully saturated rings. The number of carbonyl (C=O) groups is 1. The monoisotopic (exact) mass is 414 g/mol. The minimum atomic E-state index is -1.18. The standard InChI is InChI=1S/C21H18N8O2/c1-21(2,20(30)31)29-12-15(9-24-29)17-10-23-18-19(25-17)28(27-26-18)11-13-5-6-16-14(8-13)4-3-7-22-16/h3-10,12H,11H2,1-2H3,(H,30,31). The number of hydrogen-bond acceptors (Lipinski definition) is 7. The lowest BCUT2D eigenvalue weighted by atomic mass is 10.1. The lowest BCUT2D eigenvalue weighted by molar-refractivity contribution is -0.146. The Morgan fingerprint density at radius 3 is 2.87 bits per heavy atom. The fraction of sp³-hybridized carbons (Fsp3) is 0.190. The molecule has 0 bridgehead atoms. The van der Waals surface area contributed by atoms with Crippen molar-refractivity contribution in [3.05, 3.63) is 60.7 Å². The lowest BCUT2D eigenvalue weighted by Gasteiger charge is -2.19. The van der Waals surface area contributed by atoms with Crippen molar-refractivity contribution in [3.63, 3.8) is 0 Å². The van der Waals surface area contributed by atoms with Crippen LogP contribution in [0.5, 0.6) is 0 Å². The highest BCUT2D eigenvalue weighted by atomic mass is 16.4. The number of nitrogens with zero attached hydrogens (tertiary/aromatic N) is 8. The van der Waals surface area contributed by atoms with Crippen molar-refractivity contribution >= 4 is 28.2 Å². The summed E-state index contributed by atoms with van der Waals surface area (Å²) in [6, 6.07) is 9.95. The third-order valence-corrected chi connectivity index (χ3v) is 5.20. The van der Waals surface area contributed by atoms with Gasteiger partial charge >= 0.3 is 5.97 Å². The van der Waals surface area contributed by atoms with E-state index in [2.05, 4.69) is 36.4 Å². The molecular weight excluding hydrogens is 396 g/mol. The van der Waals surface area contributed by atoms with Crippen LogP contribution in [0.2, 0.25) is 0 Å². The molecule has 0 saturated heterocycles. The molecule has 10 heteroatoms. The van der Waals surface area contributed by atoms with Crippen LogP contribution in [0.25, 0.3) is 33.5 Å². The molecule has 154 valence electrons. The van der Waals surface area contributed by atoms with E-state index in [1.54, 1.807) is 43.3 Å². The van der Waals surface area contributed by atoms with Gasteiger partial charge in [-0.05, 0) is 37.6 Å². The van der Waals surface area contributed by atoms with Crippen LogP contribution in [0.15, 0.2) is 55.1 Å². The molecule has 0 aliphatic carbocycles. The fourth-order valence-electron chi connectivity index (χ4n) is 3.26. The maximum atomic E-state index is 11.5. The Labute approximate surface area is 176 Å². The number of fused-ring (bicyclic) bond motifs is 2. The number of carboxylic acids is 1.